The Labute approximate surface area is 108 Å². The number of hydrazine groups is 1. The van der Waals surface area contributed by atoms with Crippen molar-refractivity contribution in [1.29, 1.82) is 0 Å². The molecule has 2 rings (SSSR count). The van der Waals surface area contributed by atoms with E-state index in [9.17, 15) is 0 Å². The van der Waals surface area contributed by atoms with Crippen LogP contribution in [0.25, 0.3) is 0 Å². The number of nitrogens with two attached hydrogens (primary N) is 1. The maximum Gasteiger partial charge on any atom is 0.140 e. The summed E-state index contributed by atoms with van der Waals surface area (Å²) in [5, 5.41) is 0. The molecule has 1 fully saturated rings. The van der Waals surface area contributed by atoms with E-state index < -0.39 is 0 Å². The summed E-state index contributed by atoms with van der Waals surface area (Å²) >= 11 is 0. The minimum atomic E-state index is 0.250. The quantitative estimate of drug-likeness (QED) is 0.631. The third-order valence-corrected chi connectivity index (χ3v) is 3.08. The molecule has 1 aliphatic rings. The number of nitrogen functional groups attached to an aromatic ring is 1. The fourth-order valence-electron chi connectivity index (χ4n) is 2.32. The lowest BCUT2D eigenvalue weighted by molar-refractivity contribution is -0.106. The second kappa shape index (κ2) is 6.13. The van der Waals surface area contributed by atoms with E-state index in [4.69, 9.17) is 15.3 Å². The zero-order valence-electron chi connectivity index (χ0n) is 10.9. The summed E-state index contributed by atoms with van der Waals surface area (Å²) in [6.07, 6.45) is 2.67. The van der Waals surface area contributed by atoms with Crippen LogP contribution in [0.5, 0.6) is 0 Å². The van der Waals surface area contributed by atoms with Gasteiger partial charge in [0.15, 0.2) is 0 Å². The van der Waals surface area contributed by atoms with Crippen LogP contribution in [0.3, 0.4) is 0 Å². The first-order chi connectivity index (χ1) is 8.67. The van der Waals surface area contributed by atoms with Gasteiger partial charge >= 0.3 is 0 Å². The molecule has 2 heterocycles. The van der Waals surface area contributed by atoms with Crippen molar-refractivity contribution in [2.24, 2.45) is 5.84 Å². The molecule has 0 aromatic carbocycles. The highest BCUT2D eigenvalue weighted by molar-refractivity contribution is 5.33. The number of pyridine rings is 1. The molecule has 0 aliphatic carbocycles. The number of nitrogens with zero attached hydrogens (tertiary/aromatic N) is 1. The molecule has 0 radical (unpaired) electrons. The van der Waals surface area contributed by atoms with Crippen LogP contribution >= 0.6 is 0 Å². The van der Waals surface area contributed by atoms with Gasteiger partial charge in [-0.3, -0.25) is 0 Å². The molecule has 0 amide bonds. The van der Waals surface area contributed by atoms with Crippen LogP contribution in [0.2, 0.25) is 0 Å². The molecule has 18 heavy (non-hydrogen) atoms. The van der Waals surface area contributed by atoms with Crippen LogP contribution < -0.4 is 11.3 Å². The van der Waals surface area contributed by atoms with Gasteiger partial charge in [0.25, 0.3) is 0 Å². The summed E-state index contributed by atoms with van der Waals surface area (Å²) in [5.74, 6) is 5.98. The summed E-state index contributed by atoms with van der Waals surface area (Å²) in [7, 11) is 0. The minimum absolute atomic E-state index is 0.250. The smallest absolute Gasteiger partial charge is 0.140 e. The van der Waals surface area contributed by atoms with E-state index in [1.54, 1.807) is 0 Å². The highest BCUT2D eigenvalue weighted by Gasteiger charge is 2.24. The van der Waals surface area contributed by atoms with Crippen molar-refractivity contribution in [2.75, 3.05) is 5.43 Å². The molecular weight excluding hydrogens is 230 g/mol. The summed E-state index contributed by atoms with van der Waals surface area (Å²) in [6.45, 7) is 4.69. The van der Waals surface area contributed by atoms with E-state index in [0.717, 1.165) is 18.5 Å². The van der Waals surface area contributed by atoms with E-state index in [1.807, 2.05) is 18.2 Å². The standard InChI is InChI=1S/C13H21N3O2/c1-9-6-12(7-10(2)18-9)17-8-11-4-3-5-13(15-11)16-14/h3-5,9-10,12H,6-8,14H2,1-2H3,(H,15,16). The number of aromatic nitrogens is 1. The normalized spacial score (nSPS) is 28.1. The number of rotatable bonds is 4. The van der Waals surface area contributed by atoms with Gasteiger partial charge in [0.2, 0.25) is 0 Å². The molecule has 0 spiro atoms. The fraction of sp³-hybridized carbons (Fsp3) is 0.615. The van der Waals surface area contributed by atoms with E-state index in [2.05, 4.69) is 24.3 Å². The van der Waals surface area contributed by atoms with Crippen molar-refractivity contribution in [2.45, 2.75) is 51.6 Å². The molecule has 0 saturated carbocycles. The Bertz CT molecular complexity index is 376. The average Bonchev–Trinajstić information content (AvgIpc) is 2.35. The molecule has 100 valence electrons. The SMILES string of the molecule is CC1CC(OCc2cccc(NN)n2)CC(C)O1. The van der Waals surface area contributed by atoms with Crippen LogP contribution in [-0.4, -0.2) is 23.3 Å². The maximum atomic E-state index is 5.90. The molecule has 1 aliphatic heterocycles. The number of anilines is 1. The van der Waals surface area contributed by atoms with Crippen molar-refractivity contribution in [3.05, 3.63) is 23.9 Å². The topological polar surface area (TPSA) is 69.4 Å². The van der Waals surface area contributed by atoms with Gasteiger partial charge in [-0.15, -0.1) is 0 Å². The summed E-state index contributed by atoms with van der Waals surface area (Å²) < 4.78 is 11.6. The largest absolute Gasteiger partial charge is 0.375 e. The molecule has 2 atom stereocenters. The lowest BCUT2D eigenvalue weighted by Crippen LogP contribution is -2.34. The van der Waals surface area contributed by atoms with Gasteiger partial charge in [-0.05, 0) is 38.8 Å². The van der Waals surface area contributed by atoms with Crippen molar-refractivity contribution in [3.63, 3.8) is 0 Å². The summed E-state index contributed by atoms with van der Waals surface area (Å²) in [6, 6.07) is 5.67. The number of ether oxygens (including phenoxy) is 2. The van der Waals surface area contributed by atoms with Crippen LogP contribution in [0.15, 0.2) is 18.2 Å². The Kier molecular flexibility index (Phi) is 4.52. The summed E-state index contributed by atoms with van der Waals surface area (Å²) in [4.78, 5) is 4.32. The molecular formula is C13H21N3O2. The third-order valence-electron chi connectivity index (χ3n) is 3.08. The molecule has 5 nitrogen and oxygen atoms in total. The predicted octanol–water partition coefficient (Wildman–Crippen LogP) is 1.84. The lowest BCUT2D eigenvalue weighted by Gasteiger charge is -2.31. The van der Waals surface area contributed by atoms with Gasteiger partial charge in [-0.2, -0.15) is 0 Å². The molecule has 5 heteroatoms. The molecule has 1 aromatic heterocycles. The molecule has 1 saturated heterocycles. The second-order valence-corrected chi connectivity index (χ2v) is 4.82. The van der Waals surface area contributed by atoms with Crippen molar-refractivity contribution in [3.8, 4) is 0 Å². The predicted molar refractivity (Wildman–Crippen MR) is 69.9 cm³/mol. The van der Waals surface area contributed by atoms with Gasteiger partial charge in [0.1, 0.15) is 5.82 Å². The monoisotopic (exact) mass is 251 g/mol. The van der Waals surface area contributed by atoms with Crippen LogP contribution in [0.4, 0.5) is 5.82 Å². The zero-order valence-corrected chi connectivity index (χ0v) is 10.9. The van der Waals surface area contributed by atoms with Gasteiger partial charge in [-0.25, -0.2) is 10.8 Å². The van der Waals surface area contributed by atoms with Crippen molar-refractivity contribution >= 4 is 5.82 Å². The fourth-order valence-corrected chi connectivity index (χ4v) is 2.32. The van der Waals surface area contributed by atoms with Gasteiger partial charge in [-0.1, -0.05) is 6.07 Å². The number of hydrogen-bond donors (Lipinski definition) is 2. The van der Waals surface area contributed by atoms with Gasteiger partial charge in [0, 0.05) is 0 Å². The first-order valence-corrected chi connectivity index (χ1v) is 6.37. The number of hydrogen-bond acceptors (Lipinski definition) is 5. The lowest BCUT2D eigenvalue weighted by atomic mass is 10.0. The van der Waals surface area contributed by atoms with Gasteiger partial charge in [0.05, 0.1) is 30.6 Å². The molecule has 0 bridgehead atoms. The molecule has 1 aromatic rings. The highest BCUT2D eigenvalue weighted by atomic mass is 16.5. The maximum absolute atomic E-state index is 5.90. The Morgan fingerprint density at radius 1 is 1.39 bits per heavy atom. The minimum Gasteiger partial charge on any atom is -0.375 e. The average molecular weight is 251 g/mol. The van der Waals surface area contributed by atoms with Crippen molar-refractivity contribution < 1.29 is 9.47 Å². The number of nitrogens with one attached hydrogen (secondary N) is 1. The van der Waals surface area contributed by atoms with E-state index in [0.29, 0.717) is 12.4 Å². The highest BCUT2D eigenvalue weighted by Crippen LogP contribution is 2.22. The molecule has 3 N–H and O–H groups in total. The Balaban J connectivity index is 1.86. The van der Waals surface area contributed by atoms with Crippen molar-refractivity contribution in [1.82, 2.24) is 4.98 Å². The third kappa shape index (κ3) is 3.66. The van der Waals surface area contributed by atoms with E-state index >= 15 is 0 Å². The van der Waals surface area contributed by atoms with E-state index in [1.165, 1.54) is 0 Å². The summed E-state index contributed by atoms with van der Waals surface area (Å²) in [5.41, 5.74) is 3.42. The van der Waals surface area contributed by atoms with Crippen LogP contribution in [0, 0.1) is 0 Å². The first kappa shape index (κ1) is 13.3. The Morgan fingerprint density at radius 2 is 2.11 bits per heavy atom. The first-order valence-electron chi connectivity index (χ1n) is 6.37. The van der Waals surface area contributed by atoms with Gasteiger partial charge < -0.3 is 14.9 Å². The van der Waals surface area contributed by atoms with Crippen LogP contribution in [-0.2, 0) is 16.1 Å². The van der Waals surface area contributed by atoms with E-state index in [-0.39, 0.29) is 18.3 Å². The molecule has 2 unspecified atom stereocenters. The zero-order chi connectivity index (χ0) is 13.0. The van der Waals surface area contributed by atoms with Crippen LogP contribution in [0.1, 0.15) is 32.4 Å². The Morgan fingerprint density at radius 3 is 2.78 bits per heavy atom. The second-order valence-electron chi connectivity index (χ2n) is 4.82. The Hall–Kier alpha value is -1.17.